The largest absolute Gasteiger partial charge is 0.324 e. The SMILES string of the molecule is CCCCC(N)C(=O)Nc1cc(F)c(Br)cc1C. The fourth-order valence-electron chi connectivity index (χ4n) is 1.56. The molecule has 1 aromatic carbocycles. The van der Waals surface area contributed by atoms with E-state index in [0.717, 1.165) is 18.4 Å². The minimum Gasteiger partial charge on any atom is -0.324 e. The first kappa shape index (κ1) is 15.1. The summed E-state index contributed by atoms with van der Waals surface area (Å²) in [4.78, 5) is 11.8. The second kappa shape index (κ2) is 6.85. The molecule has 3 nitrogen and oxygen atoms in total. The summed E-state index contributed by atoms with van der Waals surface area (Å²) in [6.45, 7) is 3.84. The van der Waals surface area contributed by atoms with Crippen molar-refractivity contribution in [3.05, 3.63) is 28.0 Å². The van der Waals surface area contributed by atoms with E-state index in [1.54, 1.807) is 13.0 Å². The highest BCUT2D eigenvalue weighted by Gasteiger charge is 2.14. The molecular weight excluding hydrogens is 299 g/mol. The summed E-state index contributed by atoms with van der Waals surface area (Å²) < 4.78 is 13.8. The van der Waals surface area contributed by atoms with E-state index in [-0.39, 0.29) is 5.91 Å². The molecule has 0 heterocycles. The van der Waals surface area contributed by atoms with Crippen molar-refractivity contribution >= 4 is 27.5 Å². The van der Waals surface area contributed by atoms with Crippen LogP contribution in [0.25, 0.3) is 0 Å². The first-order valence-corrected chi connectivity index (χ1v) is 6.77. The van der Waals surface area contributed by atoms with E-state index < -0.39 is 11.9 Å². The van der Waals surface area contributed by atoms with Crippen LogP contribution in [0.2, 0.25) is 0 Å². The number of benzene rings is 1. The maximum Gasteiger partial charge on any atom is 0.241 e. The standard InChI is InChI=1S/C13H18BrFN2O/c1-3-4-5-11(16)13(18)17-12-7-10(15)9(14)6-8(12)2/h6-7,11H,3-5,16H2,1-2H3,(H,17,18). The van der Waals surface area contributed by atoms with Crippen LogP contribution in [0.4, 0.5) is 10.1 Å². The molecule has 1 rings (SSSR count). The number of amides is 1. The molecule has 1 unspecified atom stereocenters. The topological polar surface area (TPSA) is 55.1 Å². The zero-order chi connectivity index (χ0) is 13.7. The molecule has 0 aliphatic rings. The van der Waals surface area contributed by atoms with Crippen LogP contribution in [0, 0.1) is 12.7 Å². The molecule has 1 atom stereocenters. The Kier molecular flexibility index (Phi) is 5.75. The summed E-state index contributed by atoms with van der Waals surface area (Å²) in [6.07, 6.45) is 2.54. The third-order valence-electron chi connectivity index (χ3n) is 2.73. The lowest BCUT2D eigenvalue weighted by Crippen LogP contribution is -2.35. The van der Waals surface area contributed by atoms with Gasteiger partial charge in [0.2, 0.25) is 5.91 Å². The van der Waals surface area contributed by atoms with E-state index in [1.807, 2.05) is 6.92 Å². The van der Waals surface area contributed by atoms with E-state index in [0.29, 0.717) is 16.6 Å². The van der Waals surface area contributed by atoms with Crippen molar-refractivity contribution < 1.29 is 9.18 Å². The summed E-state index contributed by atoms with van der Waals surface area (Å²) in [5.74, 6) is -0.675. The molecule has 0 aromatic heterocycles. The lowest BCUT2D eigenvalue weighted by atomic mass is 10.1. The minimum atomic E-state index is -0.545. The highest BCUT2D eigenvalue weighted by molar-refractivity contribution is 9.10. The van der Waals surface area contributed by atoms with E-state index >= 15 is 0 Å². The van der Waals surface area contributed by atoms with Gasteiger partial charge in [-0.1, -0.05) is 19.8 Å². The second-order valence-electron chi connectivity index (χ2n) is 4.32. The minimum absolute atomic E-state index is 0.270. The highest BCUT2D eigenvalue weighted by Crippen LogP contribution is 2.24. The Balaban J connectivity index is 2.72. The molecular formula is C13H18BrFN2O. The van der Waals surface area contributed by atoms with E-state index in [4.69, 9.17) is 5.73 Å². The van der Waals surface area contributed by atoms with Crippen molar-refractivity contribution in [1.82, 2.24) is 0 Å². The van der Waals surface area contributed by atoms with Crippen LogP contribution in [0.1, 0.15) is 31.7 Å². The fraction of sp³-hybridized carbons (Fsp3) is 0.462. The molecule has 0 fully saturated rings. The third kappa shape index (κ3) is 4.07. The van der Waals surface area contributed by atoms with Gasteiger partial charge in [-0.15, -0.1) is 0 Å². The van der Waals surface area contributed by atoms with Crippen molar-refractivity contribution in [1.29, 1.82) is 0 Å². The molecule has 1 aromatic rings. The van der Waals surface area contributed by atoms with Gasteiger partial charge in [-0.3, -0.25) is 4.79 Å². The number of anilines is 1. The number of aryl methyl sites for hydroxylation is 1. The van der Waals surface area contributed by atoms with Crippen LogP contribution >= 0.6 is 15.9 Å². The number of rotatable bonds is 5. The van der Waals surface area contributed by atoms with Gasteiger partial charge in [-0.25, -0.2) is 4.39 Å². The quantitative estimate of drug-likeness (QED) is 0.875. The number of nitrogens with two attached hydrogens (primary N) is 1. The molecule has 0 saturated carbocycles. The molecule has 0 aliphatic carbocycles. The summed E-state index contributed by atoms with van der Waals surface area (Å²) in [7, 11) is 0. The van der Waals surface area contributed by atoms with Crippen LogP contribution in [-0.2, 0) is 4.79 Å². The lowest BCUT2D eigenvalue weighted by molar-refractivity contribution is -0.117. The van der Waals surface area contributed by atoms with Gasteiger partial charge < -0.3 is 11.1 Å². The Morgan fingerprint density at radius 2 is 2.22 bits per heavy atom. The normalized spacial score (nSPS) is 12.3. The van der Waals surface area contributed by atoms with Gasteiger partial charge in [0.05, 0.1) is 10.5 Å². The molecule has 0 bridgehead atoms. The number of unbranched alkanes of at least 4 members (excludes halogenated alkanes) is 1. The van der Waals surface area contributed by atoms with E-state index in [1.165, 1.54) is 6.07 Å². The van der Waals surface area contributed by atoms with Crippen molar-refractivity contribution in [2.24, 2.45) is 5.73 Å². The van der Waals surface area contributed by atoms with Gasteiger partial charge >= 0.3 is 0 Å². The summed E-state index contributed by atoms with van der Waals surface area (Å²) in [6, 6.07) is 2.38. The van der Waals surface area contributed by atoms with Gasteiger partial charge in [0.15, 0.2) is 0 Å². The van der Waals surface area contributed by atoms with Gasteiger partial charge in [-0.2, -0.15) is 0 Å². The van der Waals surface area contributed by atoms with Gasteiger partial charge in [-0.05, 0) is 47.0 Å². The monoisotopic (exact) mass is 316 g/mol. The molecule has 3 N–H and O–H groups in total. The molecule has 0 aliphatic heterocycles. The molecule has 100 valence electrons. The van der Waals surface area contributed by atoms with Crippen molar-refractivity contribution in [3.63, 3.8) is 0 Å². The Hall–Kier alpha value is -0.940. The maximum absolute atomic E-state index is 13.4. The Morgan fingerprint density at radius 1 is 1.56 bits per heavy atom. The van der Waals surface area contributed by atoms with Gasteiger partial charge in [0.1, 0.15) is 5.82 Å². The maximum atomic E-state index is 13.4. The molecule has 0 spiro atoms. The fourth-order valence-corrected chi connectivity index (χ4v) is 2.02. The van der Waals surface area contributed by atoms with Crippen molar-refractivity contribution in [2.75, 3.05) is 5.32 Å². The molecule has 5 heteroatoms. The number of carbonyl (C=O) groups is 1. The van der Waals surface area contributed by atoms with Crippen molar-refractivity contribution in [3.8, 4) is 0 Å². The molecule has 0 radical (unpaired) electrons. The highest BCUT2D eigenvalue weighted by atomic mass is 79.9. The summed E-state index contributed by atoms with van der Waals surface area (Å²) >= 11 is 3.10. The number of nitrogens with one attached hydrogen (secondary N) is 1. The number of carbonyl (C=O) groups excluding carboxylic acids is 1. The number of hydrogen-bond donors (Lipinski definition) is 2. The predicted octanol–water partition coefficient (Wildman–Crippen LogP) is 3.35. The smallest absolute Gasteiger partial charge is 0.241 e. The van der Waals surface area contributed by atoms with Crippen LogP contribution in [-0.4, -0.2) is 11.9 Å². The average Bonchev–Trinajstić information content (AvgIpc) is 2.32. The zero-order valence-electron chi connectivity index (χ0n) is 10.6. The van der Waals surface area contributed by atoms with Gasteiger partial charge in [0.25, 0.3) is 0 Å². The Bertz CT molecular complexity index is 437. The molecule has 1 amide bonds. The summed E-state index contributed by atoms with van der Waals surface area (Å²) in [5, 5.41) is 2.66. The average molecular weight is 317 g/mol. The van der Waals surface area contributed by atoms with Crippen LogP contribution in [0.3, 0.4) is 0 Å². The predicted molar refractivity (Wildman–Crippen MR) is 75.0 cm³/mol. The first-order chi connectivity index (χ1) is 8.45. The third-order valence-corrected chi connectivity index (χ3v) is 3.34. The summed E-state index contributed by atoms with van der Waals surface area (Å²) in [5.41, 5.74) is 7.01. The molecule has 0 saturated heterocycles. The van der Waals surface area contributed by atoms with Crippen LogP contribution < -0.4 is 11.1 Å². The number of hydrogen-bond acceptors (Lipinski definition) is 2. The Labute approximate surface area is 115 Å². The van der Waals surface area contributed by atoms with Crippen LogP contribution in [0.5, 0.6) is 0 Å². The second-order valence-corrected chi connectivity index (χ2v) is 5.17. The first-order valence-electron chi connectivity index (χ1n) is 5.97. The lowest BCUT2D eigenvalue weighted by Gasteiger charge is -2.14. The Morgan fingerprint density at radius 3 is 2.83 bits per heavy atom. The van der Waals surface area contributed by atoms with E-state index in [2.05, 4.69) is 21.2 Å². The van der Waals surface area contributed by atoms with Crippen LogP contribution in [0.15, 0.2) is 16.6 Å². The van der Waals surface area contributed by atoms with Gasteiger partial charge in [0, 0.05) is 5.69 Å². The van der Waals surface area contributed by atoms with E-state index in [9.17, 15) is 9.18 Å². The molecule has 18 heavy (non-hydrogen) atoms. The van der Waals surface area contributed by atoms with Crippen molar-refractivity contribution in [2.45, 2.75) is 39.2 Å². The number of halogens is 2. The zero-order valence-corrected chi connectivity index (χ0v) is 12.2.